The molecule has 1 aromatic heterocycles. The summed E-state index contributed by atoms with van der Waals surface area (Å²) in [4.78, 5) is 8.60. The highest BCUT2D eigenvalue weighted by atomic mass is 15.1. The van der Waals surface area contributed by atoms with Crippen LogP contribution in [0.4, 0.5) is 17.3 Å². The second-order valence-corrected chi connectivity index (χ2v) is 4.60. The van der Waals surface area contributed by atoms with E-state index in [2.05, 4.69) is 59.6 Å². The highest BCUT2D eigenvalue weighted by Gasteiger charge is 2.09. The standard InChI is InChI=1S/C15H20N4/c1-5-12-14(16-4)17-9-18-15(12)19-13-7-6-10(2)8-11(13)3/h6-9H,5H2,1-4H3,(H2,16,17,18,19). The van der Waals surface area contributed by atoms with Crippen molar-refractivity contribution in [2.45, 2.75) is 27.2 Å². The number of nitrogens with zero attached hydrogens (tertiary/aromatic N) is 2. The molecule has 0 atom stereocenters. The van der Waals surface area contributed by atoms with Crippen molar-refractivity contribution in [3.05, 3.63) is 41.2 Å². The molecular formula is C15H20N4. The fraction of sp³-hybridized carbons (Fsp3) is 0.333. The van der Waals surface area contributed by atoms with Gasteiger partial charge in [-0.15, -0.1) is 0 Å². The summed E-state index contributed by atoms with van der Waals surface area (Å²) in [6, 6.07) is 6.35. The SMILES string of the molecule is CCc1c(NC)ncnc1Nc1ccc(C)cc1C. The number of benzene rings is 1. The molecule has 4 nitrogen and oxygen atoms in total. The van der Waals surface area contributed by atoms with Gasteiger partial charge in [0.2, 0.25) is 0 Å². The second kappa shape index (κ2) is 5.69. The summed E-state index contributed by atoms with van der Waals surface area (Å²) in [6.45, 7) is 6.30. The number of hydrogen-bond acceptors (Lipinski definition) is 4. The normalized spacial score (nSPS) is 10.3. The van der Waals surface area contributed by atoms with Gasteiger partial charge in [0.05, 0.1) is 0 Å². The van der Waals surface area contributed by atoms with Gasteiger partial charge in [-0.2, -0.15) is 0 Å². The van der Waals surface area contributed by atoms with Gasteiger partial charge in [0.15, 0.2) is 0 Å². The molecular weight excluding hydrogens is 236 g/mol. The summed E-state index contributed by atoms with van der Waals surface area (Å²) >= 11 is 0. The van der Waals surface area contributed by atoms with Crippen molar-refractivity contribution in [2.75, 3.05) is 17.7 Å². The molecule has 4 heteroatoms. The molecule has 0 fully saturated rings. The van der Waals surface area contributed by atoms with E-state index in [4.69, 9.17) is 0 Å². The maximum absolute atomic E-state index is 4.35. The number of aryl methyl sites for hydroxylation is 2. The summed E-state index contributed by atoms with van der Waals surface area (Å²) < 4.78 is 0. The van der Waals surface area contributed by atoms with Crippen LogP contribution >= 0.6 is 0 Å². The van der Waals surface area contributed by atoms with E-state index in [0.29, 0.717) is 0 Å². The van der Waals surface area contributed by atoms with Gasteiger partial charge in [-0.3, -0.25) is 0 Å². The van der Waals surface area contributed by atoms with Crippen molar-refractivity contribution < 1.29 is 0 Å². The number of anilines is 3. The molecule has 0 spiro atoms. The summed E-state index contributed by atoms with van der Waals surface area (Å²) in [6.07, 6.45) is 2.46. The molecule has 0 saturated heterocycles. The van der Waals surface area contributed by atoms with E-state index in [1.807, 2.05) is 7.05 Å². The Hall–Kier alpha value is -2.10. The van der Waals surface area contributed by atoms with E-state index in [1.54, 1.807) is 6.33 Å². The smallest absolute Gasteiger partial charge is 0.139 e. The van der Waals surface area contributed by atoms with Gasteiger partial charge in [0.1, 0.15) is 18.0 Å². The molecule has 100 valence electrons. The average Bonchev–Trinajstić information content (AvgIpc) is 2.41. The van der Waals surface area contributed by atoms with E-state index in [0.717, 1.165) is 29.3 Å². The van der Waals surface area contributed by atoms with Crippen molar-refractivity contribution >= 4 is 17.3 Å². The van der Waals surface area contributed by atoms with Gasteiger partial charge in [0, 0.05) is 18.3 Å². The third kappa shape index (κ3) is 2.84. The summed E-state index contributed by atoms with van der Waals surface area (Å²) in [5.41, 5.74) is 4.66. The van der Waals surface area contributed by atoms with Crippen LogP contribution < -0.4 is 10.6 Å². The molecule has 1 aromatic carbocycles. The predicted molar refractivity (Wildman–Crippen MR) is 80.2 cm³/mol. The zero-order valence-electron chi connectivity index (χ0n) is 11.9. The molecule has 19 heavy (non-hydrogen) atoms. The summed E-state index contributed by atoms with van der Waals surface area (Å²) in [5, 5.41) is 6.51. The molecule has 0 aliphatic heterocycles. The lowest BCUT2D eigenvalue weighted by Crippen LogP contribution is -2.05. The van der Waals surface area contributed by atoms with Gasteiger partial charge in [-0.05, 0) is 31.9 Å². The molecule has 2 N–H and O–H groups in total. The lowest BCUT2D eigenvalue weighted by molar-refractivity contribution is 1.05. The first kappa shape index (κ1) is 13.3. The van der Waals surface area contributed by atoms with Crippen LogP contribution in [0.3, 0.4) is 0 Å². The van der Waals surface area contributed by atoms with Crippen LogP contribution in [0.5, 0.6) is 0 Å². The minimum absolute atomic E-state index is 0.869. The minimum atomic E-state index is 0.869. The number of hydrogen-bond donors (Lipinski definition) is 2. The highest BCUT2D eigenvalue weighted by Crippen LogP contribution is 2.25. The highest BCUT2D eigenvalue weighted by molar-refractivity contribution is 5.67. The first-order valence-electron chi connectivity index (χ1n) is 6.51. The van der Waals surface area contributed by atoms with E-state index in [9.17, 15) is 0 Å². The van der Waals surface area contributed by atoms with E-state index < -0.39 is 0 Å². The van der Waals surface area contributed by atoms with Gasteiger partial charge >= 0.3 is 0 Å². The van der Waals surface area contributed by atoms with E-state index >= 15 is 0 Å². The zero-order chi connectivity index (χ0) is 13.8. The number of rotatable bonds is 4. The number of nitrogens with one attached hydrogen (secondary N) is 2. The summed E-state index contributed by atoms with van der Waals surface area (Å²) in [5.74, 6) is 1.75. The molecule has 0 radical (unpaired) electrons. The van der Waals surface area contributed by atoms with Gasteiger partial charge < -0.3 is 10.6 Å². The molecule has 0 amide bonds. The molecule has 0 aliphatic rings. The Balaban J connectivity index is 2.37. The largest absolute Gasteiger partial charge is 0.373 e. The monoisotopic (exact) mass is 256 g/mol. The average molecular weight is 256 g/mol. The molecule has 2 aromatic rings. The molecule has 0 aliphatic carbocycles. The Labute approximate surface area is 114 Å². The lowest BCUT2D eigenvalue weighted by atomic mass is 10.1. The van der Waals surface area contributed by atoms with Crippen LogP contribution in [0.15, 0.2) is 24.5 Å². The van der Waals surface area contributed by atoms with Crippen molar-refractivity contribution in [3.8, 4) is 0 Å². The minimum Gasteiger partial charge on any atom is -0.373 e. The molecule has 0 saturated carbocycles. The topological polar surface area (TPSA) is 49.8 Å². The fourth-order valence-corrected chi connectivity index (χ4v) is 2.15. The Bertz CT molecular complexity index is 578. The maximum atomic E-state index is 4.35. The van der Waals surface area contributed by atoms with Crippen LogP contribution in [0.2, 0.25) is 0 Å². The van der Waals surface area contributed by atoms with Crippen LogP contribution in [-0.4, -0.2) is 17.0 Å². The summed E-state index contributed by atoms with van der Waals surface area (Å²) in [7, 11) is 1.88. The van der Waals surface area contributed by atoms with Gasteiger partial charge in [0.25, 0.3) is 0 Å². The Morgan fingerprint density at radius 1 is 1.11 bits per heavy atom. The fourth-order valence-electron chi connectivity index (χ4n) is 2.15. The lowest BCUT2D eigenvalue weighted by Gasteiger charge is -2.14. The first-order valence-corrected chi connectivity index (χ1v) is 6.51. The third-order valence-electron chi connectivity index (χ3n) is 3.17. The number of aromatic nitrogens is 2. The van der Waals surface area contributed by atoms with Crippen molar-refractivity contribution in [2.24, 2.45) is 0 Å². The van der Waals surface area contributed by atoms with Crippen LogP contribution in [0.1, 0.15) is 23.6 Å². The maximum Gasteiger partial charge on any atom is 0.139 e. The van der Waals surface area contributed by atoms with Crippen molar-refractivity contribution in [3.63, 3.8) is 0 Å². The first-order chi connectivity index (χ1) is 9.15. The second-order valence-electron chi connectivity index (χ2n) is 4.60. The zero-order valence-corrected chi connectivity index (χ0v) is 11.9. The molecule has 0 bridgehead atoms. The Kier molecular flexibility index (Phi) is 4.00. The molecule has 0 unspecified atom stereocenters. The quantitative estimate of drug-likeness (QED) is 0.879. The Morgan fingerprint density at radius 2 is 1.84 bits per heavy atom. The third-order valence-corrected chi connectivity index (χ3v) is 3.17. The van der Waals surface area contributed by atoms with Crippen LogP contribution in [0, 0.1) is 13.8 Å². The molecule has 2 rings (SSSR count). The van der Waals surface area contributed by atoms with Crippen LogP contribution in [-0.2, 0) is 6.42 Å². The van der Waals surface area contributed by atoms with Gasteiger partial charge in [-0.1, -0.05) is 24.6 Å². The Morgan fingerprint density at radius 3 is 2.47 bits per heavy atom. The van der Waals surface area contributed by atoms with Gasteiger partial charge in [-0.25, -0.2) is 9.97 Å². The van der Waals surface area contributed by atoms with E-state index in [-0.39, 0.29) is 0 Å². The molecule has 1 heterocycles. The predicted octanol–water partition coefficient (Wildman–Crippen LogP) is 3.44. The van der Waals surface area contributed by atoms with Crippen LogP contribution in [0.25, 0.3) is 0 Å². The van der Waals surface area contributed by atoms with E-state index in [1.165, 1.54) is 11.1 Å². The van der Waals surface area contributed by atoms with Crippen molar-refractivity contribution in [1.82, 2.24) is 9.97 Å². The van der Waals surface area contributed by atoms with Crippen molar-refractivity contribution in [1.29, 1.82) is 0 Å².